The van der Waals surface area contributed by atoms with Crippen LogP contribution in [0.25, 0.3) is 0 Å². The van der Waals surface area contributed by atoms with Gasteiger partial charge in [-0.15, -0.1) is 0 Å². The van der Waals surface area contributed by atoms with Crippen molar-refractivity contribution in [2.45, 2.75) is 64.0 Å². The molecule has 2 saturated carbocycles. The van der Waals surface area contributed by atoms with E-state index in [9.17, 15) is 0 Å². The lowest BCUT2D eigenvalue weighted by Gasteiger charge is -2.45. The Labute approximate surface area is 75.9 Å². The molecular formula is C11H21N. The molecule has 0 aromatic heterocycles. The quantitative estimate of drug-likeness (QED) is 0.681. The van der Waals surface area contributed by atoms with Crippen molar-refractivity contribution in [1.82, 2.24) is 5.32 Å². The molecule has 0 bridgehead atoms. The normalized spacial score (nSPS) is 30.5. The van der Waals surface area contributed by atoms with Crippen molar-refractivity contribution in [3.63, 3.8) is 0 Å². The van der Waals surface area contributed by atoms with Crippen molar-refractivity contribution in [1.29, 1.82) is 0 Å². The Morgan fingerprint density at radius 3 is 2.25 bits per heavy atom. The van der Waals surface area contributed by atoms with Crippen molar-refractivity contribution in [3.8, 4) is 0 Å². The lowest BCUT2D eigenvalue weighted by molar-refractivity contribution is 0.138. The average Bonchev–Trinajstić information content (AvgIpc) is 1.79. The van der Waals surface area contributed by atoms with Gasteiger partial charge in [-0.2, -0.15) is 0 Å². The molecule has 0 spiro atoms. The molecule has 0 amide bonds. The van der Waals surface area contributed by atoms with Crippen molar-refractivity contribution < 1.29 is 0 Å². The summed E-state index contributed by atoms with van der Waals surface area (Å²) in [4.78, 5) is 0. The first-order valence-electron chi connectivity index (χ1n) is 5.47. The fourth-order valence-corrected chi connectivity index (χ4v) is 2.46. The molecule has 0 aromatic carbocycles. The highest BCUT2D eigenvalue weighted by molar-refractivity contribution is 4.95. The van der Waals surface area contributed by atoms with E-state index < -0.39 is 0 Å². The molecule has 2 rings (SSSR count). The summed E-state index contributed by atoms with van der Waals surface area (Å²) in [6.45, 7) is 4.75. The van der Waals surface area contributed by atoms with Gasteiger partial charge >= 0.3 is 0 Å². The maximum atomic E-state index is 3.79. The zero-order valence-corrected chi connectivity index (χ0v) is 8.40. The van der Waals surface area contributed by atoms with Gasteiger partial charge in [0.2, 0.25) is 0 Å². The van der Waals surface area contributed by atoms with Crippen LogP contribution in [0.5, 0.6) is 0 Å². The standard InChI is InChI=1S/C11H21N/c1-9(10-5-3-6-10)12-11(2)7-4-8-11/h9-10,12H,3-8H2,1-2H3. The minimum atomic E-state index is 0.509. The summed E-state index contributed by atoms with van der Waals surface area (Å²) in [5, 5.41) is 3.79. The van der Waals surface area contributed by atoms with Crippen LogP contribution in [-0.4, -0.2) is 11.6 Å². The van der Waals surface area contributed by atoms with Gasteiger partial charge in [0.05, 0.1) is 0 Å². The second-order valence-electron chi connectivity index (χ2n) is 5.04. The second kappa shape index (κ2) is 3.02. The summed E-state index contributed by atoms with van der Waals surface area (Å²) in [5.41, 5.74) is 0.509. The Hall–Kier alpha value is -0.0400. The third-order valence-electron chi connectivity index (χ3n) is 3.89. The highest BCUT2D eigenvalue weighted by Crippen LogP contribution is 2.35. The van der Waals surface area contributed by atoms with Crippen molar-refractivity contribution >= 4 is 0 Å². The van der Waals surface area contributed by atoms with Crippen LogP contribution < -0.4 is 5.32 Å². The summed E-state index contributed by atoms with van der Waals surface area (Å²) < 4.78 is 0. The summed E-state index contributed by atoms with van der Waals surface area (Å²) >= 11 is 0. The third kappa shape index (κ3) is 1.52. The topological polar surface area (TPSA) is 12.0 Å². The molecule has 1 nitrogen and oxygen atoms in total. The first kappa shape index (κ1) is 8.55. The largest absolute Gasteiger partial charge is 0.309 e. The molecule has 0 radical (unpaired) electrons. The summed E-state index contributed by atoms with van der Waals surface area (Å²) in [6, 6.07) is 0.768. The summed E-state index contributed by atoms with van der Waals surface area (Å²) in [5.74, 6) is 0.988. The van der Waals surface area contributed by atoms with Gasteiger partial charge in [0.25, 0.3) is 0 Å². The predicted molar refractivity (Wildman–Crippen MR) is 52.2 cm³/mol. The van der Waals surface area contributed by atoms with Crippen LogP contribution in [0.4, 0.5) is 0 Å². The maximum absolute atomic E-state index is 3.79. The molecule has 1 atom stereocenters. The maximum Gasteiger partial charge on any atom is 0.0155 e. The highest BCUT2D eigenvalue weighted by atomic mass is 15.0. The van der Waals surface area contributed by atoms with Crippen LogP contribution in [0.15, 0.2) is 0 Å². The zero-order valence-electron chi connectivity index (χ0n) is 8.40. The molecule has 2 aliphatic rings. The van der Waals surface area contributed by atoms with Gasteiger partial charge < -0.3 is 5.32 Å². The molecule has 70 valence electrons. The minimum absolute atomic E-state index is 0.509. The molecule has 0 aliphatic heterocycles. The van der Waals surface area contributed by atoms with Gasteiger partial charge in [-0.1, -0.05) is 6.42 Å². The number of hydrogen-bond donors (Lipinski definition) is 1. The van der Waals surface area contributed by atoms with E-state index in [-0.39, 0.29) is 0 Å². The molecule has 0 aromatic rings. The van der Waals surface area contributed by atoms with Gasteiger partial charge in [-0.3, -0.25) is 0 Å². The van der Waals surface area contributed by atoms with Gasteiger partial charge in [0, 0.05) is 11.6 Å². The minimum Gasteiger partial charge on any atom is -0.309 e. The van der Waals surface area contributed by atoms with E-state index in [4.69, 9.17) is 0 Å². The van der Waals surface area contributed by atoms with E-state index in [2.05, 4.69) is 19.2 Å². The Balaban J connectivity index is 1.77. The Morgan fingerprint density at radius 2 is 1.92 bits per heavy atom. The zero-order chi connectivity index (χ0) is 8.60. The monoisotopic (exact) mass is 167 g/mol. The Bertz CT molecular complexity index is 156. The van der Waals surface area contributed by atoms with Crippen LogP contribution in [-0.2, 0) is 0 Å². The van der Waals surface area contributed by atoms with Gasteiger partial charge in [0.15, 0.2) is 0 Å². The fourth-order valence-electron chi connectivity index (χ4n) is 2.46. The highest BCUT2D eigenvalue weighted by Gasteiger charge is 2.35. The molecule has 1 unspecified atom stereocenters. The summed E-state index contributed by atoms with van der Waals surface area (Å²) in [6.07, 6.45) is 8.61. The molecule has 2 fully saturated rings. The third-order valence-corrected chi connectivity index (χ3v) is 3.89. The molecule has 2 aliphatic carbocycles. The molecule has 12 heavy (non-hydrogen) atoms. The van der Waals surface area contributed by atoms with Crippen LogP contribution in [0, 0.1) is 5.92 Å². The van der Waals surface area contributed by atoms with E-state index in [1.54, 1.807) is 0 Å². The molecular weight excluding hydrogens is 146 g/mol. The summed E-state index contributed by atoms with van der Waals surface area (Å²) in [7, 11) is 0. The van der Waals surface area contributed by atoms with Crippen molar-refractivity contribution in [3.05, 3.63) is 0 Å². The van der Waals surface area contributed by atoms with Crippen LogP contribution in [0.2, 0.25) is 0 Å². The average molecular weight is 167 g/mol. The second-order valence-corrected chi connectivity index (χ2v) is 5.04. The van der Waals surface area contributed by atoms with E-state index in [1.165, 1.54) is 38.5 Å². The SMILES string of the molecule is CC(NC1(C)CCC1)C1CCC1. The van der Waals surface area contributed by atoms with Crippen molar-refractivity contribution in [2.75, 3.05) is 0 Å². The van der Waals surface area contributed by atoms with Crippen LogP contribution in [0.1, 0.15) is 52.4 Å². The first-order chi connectivity index (χ1) is 5.70. The Kier molecular flexibility index (Phi) is 2.16. The lowest BCUT2D eigenvalue weighted by atomic mass is 9.75. The number of hydrogen-bond acceptors (Lipinski definition) is 1. The number of rotatable bonds is 3. The number of nitrogens with one attached hydrogen (secondary N) is 1. The predicted octanol–water partition coefficient (Wildman–Crippen LogP) is 2.71. The van der Waals surface area contributed by atoms with Gasteiger partial charge in [-0.25, -0.2) is 0 Å². The lowest BCUT2D eigenvalue weighted by Crippen LogP contribution is -2.54. The van der Waals surface area contributed by atoms with Crippen LogP contribution in [0.3, 0.4) is 0 Å². The molecule has 1 heteroatoms. The Morgan fingerprint density at radius 1 is 1.25 bits per heavy atom. The van der Waals surface area contributed by atoms with E-state index >= 15 is 0 Å². The smallest absolute Gasteiger partial charge is 0.0155 e. The van der Waals surface area contributed by atoms with Crippen LogP contribution >= 0.6 is 0 Å². The molecule has 0 saturated heterocycles. The first-order valence-corrected chi connectivity index (χ1v) is 5.47. The fraction of sp³-hybridized carbons (Fsp3) is 1.00. The van der Waals surface area contributed by atoms with Gasteiger partial charge in [-0.05, 0) is 51.9 Å². The van der Waals surface area contributed by atoms with Crippen molar-refractivity contribution in [2.24, 2.45) is 5.92 Å². The molecule has 0 heterocycles. The van der Waals surface area contributed by atoms with Gasteiger partial charge in [0.1, 0.15) is 0 Å². The van der Waals surface area contributed by atoms with E-state index in [0.29, 0.717) is 5.54 Å². The molecule has 1 N–H and O–H groups in total. The van der Waals surface area contributed by atoms with E-state index in [1.807, 2.05) is 0 Å². The van der Waals surface area contributed by atoms with E-state index in [0.717, 1.165) is 12.0 Å².